The highest BCUT2D eigenvalue weighted by atomic mass is 32.1. The van der Waals surface area contributed by atoms with Crippen LogP contribution in [0.4, 0.5) is 4.39 Å². The molecule has 0 aliphatic heterocycles. The molecule has 114 valence electrons. The molecule has 0 saturated carbocycles. The van der Waals surface area contributed by atoms with Crippen molar-refractivity contribution in [1.29, 1.82) is 0 Å². The Morgan fingerprint density at radius 3 is 2.86 bits per heavy atom. The maximum atomic E-state index is 14.3. The summed E-state index contributed by atoms with van der Waals surface area (Å²) in [6.45, 7) is 4.90. The topological polar surface area (TPSA) is 34.2 Å². The molecule has 1 unspecified atom stereocenters. The summed E-state index contributed by atoms with van der Waals surface area (Å²) in [7, 11) is 1.57. The van der Waals surface area contributed by atoms with Gasteiger partial charge in [0, 0.05) is 23.4 Å². The van der Waals surface area contributed by atoms with E-state index in [1.807, 2.05) is 12.3 Å². The molecule has 1 N–H and O–H groups in total. The zero-order chi connectivity index (χ0) is 15.2. The van der Waals surface area contributed by atoms with Gasteiger partial charge in [-0.2, -0.15) is 0 Å². The number of hydrogen-bond donors (Lipinski definition) is 1. The minimum absolute atomic E-state index is 0.136. The lowest BCUT2D eigenvalue weighted by atomic mass is 10.00. The number of nitrogens with one attached hydrogen (secondary N) is 1. The second kappa shape index (κ2) is 7.52. The zero-order valence-corrected chi connectivity index (χ0v) is 13.5. The van der Waals surface area contributed by atoms with Gasteiger partial charge in [0.05, 0.1) is 17.8 Å². The number of nitrogens with zero attached hydrogens (tertiary/aromatic N) is 1. The highest BCUT2D eigenvalue weighted by Crippen LogP contribution is 2.30. The van der Waals surface area contributed by atoms with Crippen LogP contribution in [-0.2, 0) is 6.42 Å². The Kier molecular flexibility index (Phi) is 5.70. The Morgan fingerprint density at radius 2 is 2.24 bits per heavy atom. The summed E-state index contributed by atoms with van der Waals surface area (Å²) >= 11 is 1.62. The Hall–Kier alpha value is -1.46. The number of benzene rings is 1. The predicted molar refractivity (Wildman–Crippen MR) is 84.5 cm³/mol. The minimum atomic E-state index is -0.241. The van der Waals surface area contributed by atoms with Crippen molar-refractivity contribution in [2.24, 2.45) is 0 Å². The predicted octanol–water partition coefficient (Wildman–Crippen LogP) is 3.88. The van der Waals surface area contributed by atoms with E-state index in [0.29, 0.717) is 17.7 Å². The molecule has 1 atom stereocenters. The van der Waals surface area contributed by atoms with Crippen molar-refractivity contribution >= 4 is 11.3 Å². The second-order valence-electron chi connectivity index (χ2n) is 4.92. The summed E-state index contributed by atoms with van der Waals surface area (Å²) in [6, 6.07) is 4.81. The molecular formula is C16H21FN2OS. The zero-order valence-electron chi connectivity index (χ0n) is 12.6. The molecule has 0 radical (unpaired) electrons. The summed E-state index contributed by atoms with van der Waals surface area (Å²) in [5, 5.41) is 6.46. The second-order valence-corrected chi connectivity index (χ2v) is 5.99. The first kappa shape index (κ1) is 15.9. The first-order valence-electron chi connectivity index (χ1n) is 7.12. The number of aromatic nitrogens is 1. The highest BCUT2D eigenvalue weighted by Gasteiger charge is 2.21. The molecule has 21 heavy (non-hydrogen) atoms. The first-order valence-corrected chi connectivity index (χ1v) is 8.00. The van der Waals surface area contributed by atoms with Crippen LogP contribution in [-0.4, -0.2) is 18.6 Å². The molecule has 0 fully saturated rings. The van der Waals surface area contributed by atoms with E-state index < -0.39 is 0 Å². The fraction of sp³-hybridized carbons (Fsp3) is 0.438. The van der Waals surface area contributed by atoms with E-state index in [1.54, 1.807) is 30.6 Å². The summed E-state index contributed by atoms with van der Waals surface area (Å²) in [5.74, 6) is 0.338. The summed E-state index contributed by atoms with van der Waals surface area (Å²) in [4.78, 5) is 4.48. The maximum absolute atomic E-state index is 14.3. The van der Waals surface area contributed by atoms with Crippen molar-refractivity contribution in [3.8, 4) is 5.75 Å². The van der Waals surface area contributed by atoms with Crippen molar-refractivity contribution in [3.05, 3.63) is 45.7 Å². The SMILES string of the molecule is CCCNC(Cc1csc(C)n1)c1c(F)cccc1OC. The van der Waals surface area contributed by atoms with Gasteiger partial charge < -0.3 is 10.1 Å². The normalized spacial score (nSPS) is 12.4. The van der Waals surface area contributed by atoms with Crippen LogP contribution < -0.4 is 10.1 Å². The van der Waals surface area contributed by atoms with Crippen molar-refractivity contribution in [3.63, 3.8) is 0 Å². The van der Waals surface area contributed by atoms with Gasteiger partial charge in [-0.25, -0.2) is 9.37 Å². The lowest BCUT2D eigenvalue weighted by Gasteiger charge is -2.21. The molecule has 3 nitrogen and oxygen atoms in total. The van der Waals surface area contributed by atoms with Crippen LogP contribution >= 0.6 is 11.3 Å². The van der Waals surface area contributed by atoms with E-state index in [9.17, 15) is 4.39 Å². The van der Waals surface area contributed by atoms with Gasteiger partial charge in [0.15, 0.2) is 0 Å². The van der Waals surface area contributed by atoms with Crippen LogP contribution in [0.3, 0.4) is 0 Å². The Balaban J connectivity index is 2.31. The van der Waals surface area contributed by atoms with E-state index in [-0.39, 0.29) is 11.9 Å². The summed E-state index contributed by atoms with van der Waals surface area (Å²) in [5.41, 5.74) is 1.57. The molecule has 2 aromatic rings. The highest BCUT2D eigenvalue weighted by molar-refractivity contribution is 7.09. The minimum Gasteiger partial charge on any atom is -0.496 e. The van der Waals surface area contributed by atoms with E-state index >= 15 is 0 Å². The Labute approximate surface area is 129 Å². The molecule has 2 rings (SSSR count). The first-order chi connectivity index (χ1) is 10.2. The van der Waals surface area contributed by atoms with Gasteiger partial charge in [-0.15, -0.1) is 11.3 Å². The Morgan fingerprint density at radius 1 is 1.43 bits per heavy atom. The van der Waals surface area contributed by atoms with Gasteiger partial charge in [-0.3, -0.25) is 0 Å². The third-order valence-corrected chi connectivity index (χ3v) is 4.12. The molecule has 1 aromatic heterocycles. The molecule has 5 heteroatoms. The molecule has 0 aliphatic rings. The van der Waals surface area contributed by atoms with E-state index in [1.165, 1.54) is 6.07 Å². The van der Waals surface area contributed by atoms with Gasteiger partial charge in [0.2, 0.25) is 0 Å². The van der Waals surface area contributed by atoms with Crippen LogP contribution in [0.15, 0.2) is 23.6 Å². The van der Waals surface area contributed by atoms with E-state index in [0.717, 1.165) is 23.7 Å². The molecule has 0 spiro atoms. The van der Waals surface area contributed by atoms with Gasteiger partial charge in [0.1, 0.15) is 11.6 Å². The molecule has 0 saturated heterocycles. The van der Waals surface area contributed by atoms with Crippen LogP contribution in [0.25, 0.3) is 0 Å². The summed E-state index contributed by atoms with van der Waals surface area (Å²) < 4.78 is 19.6. The monoisotopic (exact) mass is 308 g/mol. The number of thiazole rings is 1. The maximum Gasteiger partial charge on any atom is 0.131 e. The molecule has 0 bridgehead atoms. The van der Waals surface area contributed by atoms with Crippen LogP contribution in [0, 0.1) is 12.7 Å². The van der Waals surface area contributed by atoms with Crippen molar-refractivity contribution in [2.45, 2.75) is 32.7 Å². The van der Waals surface area contributed by atoms with Crippen molar-refractivity contribution in [2.75, 3.05) is 13.7 Å². The lowest BCUT2D eigenvalue weighted by molar-refractivity contribution is 0.388. The van der Waals surface area contributed by atoms with Crippen LogP contribution in [0.2, 0.25) is 0 Å². The fourth-order valence-corrected chi connectivity index (χ4v) is 2.96. The van der Waals surface area contributed by atoms with Gasteiger partial charge in [-0.1, -0.05) is 13.0 Å². The molecular weight excluding hydrogens is 287 g/mol. The molecule has 0 aliphatic carbocycles. The van der Waals surface area contributed by atoms with E-state index in [4.69, 9.17) is 4.74 Å². The number of ether oxygens (including phenoxy) is 1. The van der Waals surface area contributed by atoms with Gasteiger partial charge in [0.25, 0.3) is 0 Å². The Bertz CT molecular complexity index is 585. The average Bonchev–Trinajstić information content (AvgIpc) is 2.88. The number of rotatable bonds is 7. The number of halogens is 1. The number of aryl methyl sites for hydroxylation is 1. The van der Waals surface area contributed by atoms with Gasteiger partial charge in [-0.05, 0) is 32.0 Å². The standard InChI is InChI=1S/C16H21FN2OS/c1-4-8-18-14(9-12-10-21-11(2)19-12)16-13(17)6-5-7-15(16)20-3/h5-7,10,14,18H,4,8-9H2,1-3H3. The van der Waals surface area contributed by atoms with Crippen molar-refractivity contribution < 1.29 is 9.13 Å². The van der Waals surface area contributed by atoms with Crippen molar-refractivity contribution in [1.82, 2.24) is 10.3 Å². The van der Waals surface area contributed by atoms with Crippen LogP contribution in [0.1, 0.15) is 35.7 Å². The smallest absolute Gasteiger partial charge is 0.131 e. The lowest BCUT2D eigenvalue weighted by Crippen LogP contribution is -2.25. The van der Waals surface area contributed by atoms with Crippen LogP contribution in [0.5, 0.6) is 5.75 Å². The quantitative estimate of drug-likeness (QED) is 0.843. The van der Waals surface area contributed by atoms with Gasteiger partial charge >= 0.3 is 0 Å². The molecule has 1 heterocycles. The largest absolute Gasteiger partial charge is 0.496 e. The fourth-order valence-electron chi connectivity index (χ4n) is 2.34. The average molecular weight is 308 g/mol. The third kappa shape index (κ3) is 4.02. The van der Waals surface area contributed by atoms with E-state index in [2.05, 4.69) is 17.2 Å². The molecule has 0 amide bonds. The third-order valence-electron chi connectivity index (χ3n) is 3.30. The molecule has 1 aromatic carbocycles. The summed E-state index contributed by atoms with van der Waals surface area (Å²) in [6.07, 6.45) is 1.64. The number of methoxy groups -OCH3 is 1. The number of hydrogen-bond acceptors (Lipinski definition) is 4.